The fraction of sp³-hybridized carbons (Fsp3) is 0.500. The molecule has 1 amide bonds. The van der Waals surface area contributed by atoms with Crippen molar-refractivity contribution in [2.24, 2.45) is 0 Å². The number of nitrogens with one attached hydrogen (secondary N) is 1. The lowest BCUT2D eigenvalue weighted by Crippen LogP contribution is -2.42. The summed E-state index contributed by atoms with van der Waals surface area (Å²) in [5, 5.41) is 2.22. The van der Waals surface area contributed by atoms with Crippen molar-refractivity contribution in [1.82, 2.24) is 5.32 Å². The van der Waals surface area contributed by atoms with Gasteiger partial charge in [0.1, 0.15) is 0 Å². The number of ether oxygens (including phenoxy) is 1. The number of thiocarbonyl (C=S) groups is 1. The first kappa shape index (κ1) is 21.6. The van der Waals surface area contributed by atoms with E-state index in [2.05, 4.69) is 10.1 Å². The van der Waals surface area contributed by atoms with Gasteiger partial charge in [-0.1, -0.05) is 17.7 Å². The summed E-state index contributed by atoms with van der Waals surface area (Å²) >= 11 is 5.27. The van der Waals surface area contributed by atoms with Gasteiger partial charge in [0.15, 0.2) is 5.11 Å². The third-order valence-corrected chi connectivity index (χ3v) is 5.52. The maximum absolute atomic E-state index is 13.5. The molecule has 0 saturated heterocycles. The highest BCUT2D eigenvalue weighted by Crippen LogP contribution is 2.56. The minimum Gasteiger partial charge on any atom is -0.453 e. The molecular weight excluding hydrogens is 363 g/mol. The fourth-order valence-corrected chi connectivity index (χ4v) is 4.38. The second-order valence-corrected chi connectivity index (χ2v) is 7.99. The first-order valence-corrected chi connectivity index (χ1v) is 9.72. The van der Waals surface area contributed by atoms with E-state index in [-0.39, 0.29) is 5.11 Å². The summed E-state index contributed by atoms with van der Waals surface area (Å²) < 4.78 is 30.5. The number of methoxy groups -OCH3 is 1. The zero-order valence-corrected chi connectivity index (χ0v) is 17.0. The van der Waals surface area contributed by atoms with Crippen molar-refractivity contribution in [3.63, 3.8) is 0 Å². The molecule has 0 spiro atoms. The summed E-state index contributed by atoms with van der Waals surface area (Å²) in [5.74, 6) is 0. The maximum atomic E-state index is 13.5. The summed E-state index contributed by atoms with van der Waals surface area (Å²) in [6.07, 6.45) is -1.56. The number of anilines is 1. The van der Waals surface area contributed by atoms with Gasteiger partial charge in [-0.3, -0.25) is 14.4 Å². The Bertz CT molecular complexity index is 634. The molecule has 7 nitrogen and oxygen atoms in total. The molecule has 0 bridgehead atoms. The van der Waals surface area contributed by atoms with Crippen molar-refractivity contribution in [2.75, 3.05) is 11.8 Å². The highest BCUT2D eigenvalue weighted by atomic mass is 32.1. The number of hydrogen-bond acceptors (Lipinski definition) is 6. The van der Waals surface area contributed by atoms with Gasteiger partial charge in [-0.05, 0) is 59.0 Å². The summed E-state index contributed by atoms with van der Waals surface area (Å²) in [7, 11) is -2.67. The van der Waals surface area contributed by atoms with Crippen molar-refractivity contribution in [3.8, 4) is 0 Å². The normalized spacial score (nSPS) is 11.5. The number of hydrogen-bond donors (Lipinski definition) is 1. The molecule has 0 aliphatic carbocycles. The van der Waals surface area contributed by atoms with E-state index in [1.165, 1.54) is 11.8 Å². The second kappa shape index (κ2) is 9.29. The Kier molecular flexibility index (Phi) is 8.02. The van der Waals surface area contributed by atoms with Crippen LogP contribution in [0.3, 0.4) is 0 Å². The van der Waals surface area contributed by atoms with Gasteiger partial charge in [0.05, 0.1) is 25.0 Å². The third kappa shape index (κ3) is 6.40. The first-order chi connectivity index (χ1) is 11.6. The lowest BCUT2D eigenvalue weighted by Gasteiger charge is -2.33. The number of carbonyl (C=O) groups excluding carboxylic acids is 1. The summed E-state index contributed by atoms with van der Waals surface area (Å²) in [5.41, 5.74) is 1.48. The molecule has 0 fully saturated rings. The largest absolute Gasteiger partial charge is 0.453 e. The second-order valence-electron chi connectivity index (χ2n) is 5.85. The van der Waals surface area contributed by atoms with E-state index in [0.29, 0.717) is 5.69 Å². The molecule has 0 saturated carbocycles. The molecule has 25 heavy (non-hydrogen) atoms. The summed E-state index contributed by atoms with van der Waals surface area (Å²) in [4.78, 5) is 11.6. The number of nitrogens with zero attached hydrogens (tertiary/aromatic N) is 1. The van der Waals surface area contributed by atoms with E-state index in [0.717, 1.165) is 5.56 Å². The molecule has 0 heterocycles. The van der Waals surface area contributed by atoms with Crippen molar-refractivity contribution < 1.29 is 23.1 Å². The quantitative estimate of drug-likeness (QED) is 0.572. The monoisotopic (exact) mass is 388 g/mol. The Morgan fingerprint density at radius 2 is 1.60 bits per heavy atom. The standard InChI is InChI=1S/C16H25N2O5PS/c1-11(2)22-24(20,23-12(3)4)18(15(25)17-16(19)21-6)14-9-7-13(5)8-10-14/h7-12H,1-6H3,(H,17,19,25). The predicted octanol–water partition coefficient (Wildman–Crippen LogP) is 4.40. The average Bonchev–Trinajstić information content (AvgIpc) is 2.47. The molecule has 9 heteroatoms. The van der Waals surface area contributed by atoms with Crippen LogP contribution in [0.2, 0.25) is 0 Å². The van der Waals surface area contributed by atoms with Gasteiger partial charge in [0.2, 0.25) is 0 Å². The molecule has 0 aromatic heterocycles. The van der Waals surface area contributed by atoms with E-state index in [1.807, 2.05) is 19.1 Å². The van der Waals surface area contributed by atoms with Gasteiger partial charge in [-0.25, -0.2) is 14.0 Å². The molecule has 1 aromatic carbocycles. The van der Waals surface area contributed by atoms with Crippen LogP contribution < -0.4 is 9.99 Å². The lowest BCUT2D eigenvalue weighted by atomic mass is 10.2. The first-order valence-electron chi connectivity index (χ1n) is 7.82. The predicted molar refractivity (Wildman–Crippen MR) is 102 cm³/mol. The van der Waals surface area contributed by atoms with Crippen molar-refractivity contribution >= 4 is 36.9 Å². The Hall–Kier alpha value is -1.47. The van der Waals surface area contributed by atoms with Crippen LogP contribution in [0.5, 0.6) is 0 Å². The van der Waals surface area contributed by atoms with Gasteiger partial charge in [0.25, 0.3) is 0 Å². The highest BCUT2D eigenvalue weighted by Gasteiger charge is 2.39. The van der Waals surface area contributed by atoms with Crippen LogP contribution in [-0.4, -0.2) is 30.5 Å². The van der Waals surface area contributed by atoms with E-state index >= 15 is 0 Å². The number of carbonyl (C=O) groups is 1. The number of alkyl carbamates (subject to hydrolysis) is 1. The van der Waals surface area contributed by atoms with Crippen LogP contribution in [0, 0.1) is 6.92 Å². The third-order valence-electron chi connectivity index (χ3n) is 2.80. The van der Waals surface area contributed by atoms with Gasteiger partial charge in [-0.2, -0.15) is 0 Å². The van der Waals surface area contributed by atoms with Crippen LogP contribution in [0.15, 0.2) is 24.3 Å². The zero-order valence-electron chi connectivity index (χ0n) is 15.3. The summed E-state index contributed by atoms with van der Waals surface area (Å²) in [6.45, 7) is 8.87. The molecule has 1 N–H and O–H groups in total. The van der Waals surface area contributed by atoms with Gasteiger partial charge in [-0.15, -0.1) is 0 Å². The van der Waals surface area contributed by atoms with Crippen LogP contribution in [-0.2, 0) is 18.3 Å². The molecule has 0 atom stereocenters. The van der Waals surface area contributed by atoms with Crippen LogP contribution in [0.4, 0.5) is 10.5 Å². The molecule has 0 aliphatic rings. The number of benzene rings is 1. The SMILES string of the molecule is COC(=O)NC(=S)N(c1ccc(C)cc1)P(=O)(OC(C)C)OC(C)C. The van der Waals surface area contributed by atoms with E-state index in [4.69, 9.17) is 21.3 Å². The molecule has 0 aliphatic heterocycles. The van der Waals surface area contributed by atoms with E-state index in [1.54, 1.807) is 39.8 Å². The number of rotatable bonds is 6. The van der Waals surface area contributed by atoms with E-state index in [9.17, 15) is 9.36 Å². The van der Waals surface area contributed by atoms with Crippen LogP contribution in [0.1, 0.15) is 33.3 Å². The maximum Gasteiger partial charge on any atom is 0.442 e. The molecule has 1 aromatic rings. The highest BCUT2D eigenvalue weighted by molar-refractivity contribution is 7.81. The molecule has 0 unspecified atom stereocenters. The topological polar surface area (TPSA) is 77.1 Å². The minimum atomic E-state index is -3.88. The lowest BCUT2D eigenvalue weighted by molar-refractivity contribution is 0.143. The molecular formula is C16H25N2O5PS. The number of amides is 1. The Morgan fingerprint density at radius 1 is 1.12 bits per heavy atom. The smallest absolute Gasteiger partial charge is 0.442 e. The zero-order chi connectivity index (χ0) is 19.2. The fourth-order valence-electron chi connectivity index (χ4n) is 1.90. The van der Waals surface area contributed by atoms with Crippen molar-refractivity contribution in [1.29, 1.82) is 0 Å². The molecule has 0 radical (unpaired) electrons. The molecule has 1 rings (SSSR count). The van der Waals surface area contributed by atoms with Crippen molar-refractivity contribution in [3.05, 3.63) is 29.8 Å². The minimum absolute atomic E-state index is 0.139. The Labute approximate surface area is 154 Å². The van der Waals surface area contributed by atoms with E-state index < -0.39 is 26.0 Å². The van der Waals surface area contributed by atoms with Crippen LogP contribution >= 0.6 is 20.0 Å². The number of aryl methyl sites for hydroxylation is 1. The van der Waals surface area contributed by atoms with Crippen LogP contribution in [0.25, 0.3) is 0 Å². The Balaban J connectivity index is 3.39. The van der Waals surface area contributed by atoms with Crippen molar-refractivity contribution in [2.45, 2.75) is 46.8 Å². The van der Waals surface area contributed by atoms with Gasteiger partial charge < -0.3 is 4.74 Å². The Morgan fingerprint density at radius 3 is 2.00 bits per heavy atom. The average molecular weight is 388 g/mol. The van der Waals surface area contributed by atoms with Gasteiger partial charge >= 0.3 is 13.8 Å². The summed E-state index contributed by atoms with van der Waals surface area (Å²) in [6, 6.07) is 7.11. The molecule has 140 valence electrons. The van der Waals surface area contributed by atoms with Gasteiger partial charge in [0, 0.05) is 0 Å².